The Morgan fingerprint density at radius 3 is 2.74 bits per heavy atom. The van der Waals surface area contributed by atoms with Crippen LogP contribution in [0.5, 0.6) is 5.75 Å². The summed E-state index contributed by atoms with van der Waals surface area (Å²) in [6, 6.07) is 11.0. The Hall–Kier alpha value is -3.15. The van der Waals surface area contributed by atoms with Gasteiger partial charge in [0.15, 0.2) is 0 Å². The Kier molecular flexibility index (Phi) is 4.87. The van der Waals surface area contributed by atoms with Gasteiger partial charge in [-0.1, -0.05) is 12.1 Å². The van der Waals surface area contributed by atoms with Gasteiger partial charge in [-0.15, -0.1) is 0 Å². The van der Waals surface area contributed by atoms with Crippen molar-refractivity contribution in [3.05, 3.63) is 70.9 Å². The molecular formula is C21H21N3O3. The van der Waals surface area contributed by atoms with Crippen LogP contribution in [0.2, 0.25) is 0 Å². The molecule has 0 radical (unpaired) electrons. The van der Waals surface area contributed by atoms with Crippen molar-refractivity contribution in [2.45, 2.75) is 37.8 Å². The molecule has 0 spiro atoms. The van der Waals surface area contributed by atoms with Crippen molar-refractivity contribution in [2.75, 3.05) is 0 Å². The van der Waals surface area contributed by atoms with Crippen molar-refractivity contribution in [1.29, 1.82) is 0 Å². The maximum absolute atomic E-state index is 12.3. The van der Waals surface area contributed by atoms with E-state index in [1.54, 1.807) is 6.20 Å². The number of aromatic nitrogens is 2. The summed E-state index contributed by atoms with van der Waals surface area (Å²) >= 11 is 0. The van der Waals surface area contributed by atoms with Crippen LogP contribution in [0.1, 0.15) is 36.0 Å². The van der Waals surface area contributed by atoms with Crippen LogP contribution in [0.4, 0.5) is 0 Å². The van der Waals surface area contributed by atoms with Gasteiger partial charge in [0, 0.05) is 41.5 Å². The maximum Gasteiger partial charge on any atom is 0.252 e. The maximum atomic E-state index is 12.3. The lowest BCUT2D eigenvalue weighted by molar-refractivity contribution is 0.0894. The van der Waals surface area contributed by atoms with Gasteiger partial charge in [0.05, 0.1) is 11.7 Å². The first kappa shape index (κ1) is 17.3. The molecule has 4 rings (SSSR count). The standard InChI is InChI=1S/C21H21N3O3/c25-20-9-4-15(13-23-20)21(26)24-16-5-7-17(8-6-16)27-19-3-1-2-14-12-22-11-10-18(14)19/h1-4,9-13,16-17H,5-8H2,(H,23,25)(H,24,26). The molecule has 1 aliphatic rings. The second-order valence-corrected chi connectivity index (χ2v) is 6.86. The van der Waals surface area contributed by atoms with E-state index >= 15 is 0 Å². The van der Waals surface area contributed by atoms with Crippen molar-refractivity contribution in [3.8, 4) is 5.75 Å². The molecule has 2 N–H and O–H groups in total. The normalized spacial score (nSPS) is 19.6. The number of nitrogens with zero attached hydrogens (tertiary/aromatic N) is 1. The number of aromatic amines is 1. The first-order valence-corrected chi connectivity index (χ1v) is 9.18. The first-order valence-electron chi connectivity index (χ1n) is 9.18. The lowest BCUT2D eigenvalue weighted by atomic mass is 9.92. The number of benzene rings is 1. The molecule has 0 aliphatic heterocycles. The van der Waals surface area contributed by atoms with Crippen LogP contribution in [0.3, 0.4) is 0 Å². The number of H-pyrrole nitrogens is 1. The first-order chi connectivity index (χ1) is 13.2. The minimum absolute atomic E-state index is 0.126. The quantitative estimate of drug-likeness (QED) is 0.746. The number of ether oxygens (including phenoxy) is 1. The molecule has 1 fully saturated rings. The smallest absolute Gasteiger partial charge is 0.252 e. The Labute approximate surface area is 156 Å². The Bertz CT molecular complexity index is 981. The minimum atomic E-state index is -0.214. The molecule has 1 saturated carbocycles. The van der Waals surface area contributed by atoms with Gasteiger partial charge in [0.2, 0.25) is 5.56 Å². The summed E-state index contributed by atoms with van der Waals surface area (Å²) < 4.78 is 6.24. The largest absolute Gasteiger partial charge is 0.490 e. The Morgan fingerprint density at radius 1 is 1.11 bits per heavy atom. The van der Waals surface area contributed by atoms with Crippen LogP contribution in [0.25, 0.3) is 10.8 Å². The number of nitrogens with one attached hydrogen (secondary N) is 2. The summed E-state index contributed by atoms with van der Waals surface area (Å²) in [7, 11) is 0. The molecule has 0 bridgehead atoms. The summed E-state index contributed by atoms with van der Waals surface area (Å²) in [5.74, 6) is 0.729. The average Bonchev–Trinajstić information content (AvgIpc) is 2.70. The van der Waals surface area contributed by atoms with Crippen LogP contribution in [0.15, 0.2) is 59.8 Å². The van der Waals surface area contributed by atoms with E-state index in [1.807, 2.05) is 30.5 Å². The molecule has 6 heteroatoms. The molecular weight excluding hydrogens is 342 g/mol. The van der Waals surface area contributed by atoms with Gasteiger partial charge >= 0.3 is 0 Å². The van der Waals surface area contributed by atoms with E-state index in [4.69, 9.17) is 4.74 Å². The molecule has 3 aromatic rings. The van der Waals surface area contributed by atoms with Crippen LogP contribution >= 0.6 is 0 Å². The molecule has 0 saturated heterocycles. The van der Waals surface area contributed by atoms with E-state index in [-0.39, 0.29) is 23.6 Å². The molecule has 0 unspecified atom stereocenters. The van der Waals surface area contributed by atoms with E-state index in [2.05, 4.69) is 15.3 Å². The summed E-state index contributed by atoms with van der Waals surface area (Å²) in [6.45, 7) is 0. The molecule has 1 aromatic carbocycles. The van der Waals surface area contributed by atoms with E-state index in [0.717, 1.165) is 42.2 Å². The van der Waals surface area contributed by atoms with Crippen molar-refractivity contribution in [2.24, 2.45) is 0 Å². The number of amides is 1. The predicted octanol–water partition coefficient (Wildman–Crippen LogP) is 3.04. The van der Waals surface area contributed by atoms with Gasteiger partial charge in [-0.05, 0) is 43.9 Å². The van der Waals surface area contributed by atoms with Gasteiger partial charge in [-0.2, -0.15) is 0 Å². The van der Waals surface area contributed by atoms with Gasteiger partial charge in [0.25, 0.3) is 5.91 Å². The lowest BCUT2D eigenvalue weighted by Crippen LogP contribution is -2.39. The molecule has 1 aliphatic carbocycles. The fourth-order valence-corrected chi connectivity index (χ4v) is 3.52. The summed E-state index contributed by atoms with van der Waals surface area (Å²) in [5, 5.41) is 5.18. The summed E-state index contributed by atoms with van der Waals surface area (Å²) in [6.07, 6.45) is 8.71. The fraction of sp³-hybridized carbons (Fsp3) is 0.286. The third-order valence-electron chi connectivity index (χ3n) is 4.99. The highest BCUT2D eigenvalue weighted by atomic mass is 16.5. The average molecular weight is 363 g/mol. The number of pyridine rings is 2. The number of hydrogen-bond acceptors (Lipinski definition) is 4. The van der Waals surface area contributed by atoms with Gasteiger partial charge < -0.3 is 15.0 Å². The van der Waals surface area contributed by atoms with E-state index in [9.17, 15) is 9.59 Å². The summed E-state index contributed by atoms with van der Waals surface area (Å²) in [5.41, 5.74) is 0.255. The van der Waals surface area contributed by atoms with Gasteiger partial charge in [-0.3, -0.25) is 14.6 Å². The number of rotatable bonds is 4. The van der Waals surface area contributed by atoms with E-state index < -0.39 is 0 Å². The molecule has 27 heavy (non-hydrogen) atoms. The molecule has 2 aromatic heterocycles. The minimum Gasteiger partial charge on any atom is -0.490 e. The molecule has 6 nitrogen and oxygen atoms in total. The number of carbonyl (C=O) groups is 1. The molecule has 0 atom stereocenters. The van der Waals surface area contributed by atoms with Crippen LogP contribution in [-0.4, -0.2) is 28.0 Å². The molecule has 138 valence electrons. The van der Waals surface area contributed by atoms with Gasteiger partial charge in [-0.25, -0.2) is 0 Å². The van der Waals surface area contributed by atoms with Crippen LogP contribution in [-0.2, 0) is 0 Å². The highest BCUT2D eigenvalue weighted by molar-refractivity contribution is 5.94. The van der Waals surface area contributed by atoms with Gasteiger partial charge in [0.1, 0.15) is 5.75 Å². The van der Waals surface area contributed by atoms with Crippen molar-refractivity contribution in [3.63, 3.8) is 0 Å². The molecule has 1 amide bonds. The zero-order chi connectivity index (χ0) is 18.6. The Balaban J connectivity index is 1.34. The zero-order valence-corrected chi connectivity index (χ0v) is 14.9. The highest BCUT2D eigenvalue weighted by Crippen LogP contribution is 2.29. The third-order valence-corrected chi connectivity index (χ3v) is 4.99. The second-order valence-electron chi connectivity index (χ2n) is 6.86. The van der Waals surface area contributed by atoms with E-state index in [1.165, 1.54) is 18.3 Å². The lowest BCUT2D eigenvalue weighted by Gasteiger charge is -2.29. The molecule has 2 heterocycles. The van der Waals surface area contributed by atoms with Crippen LogP contribution in [0, 0.1) is 0 Å². The number of carbonyl (C=O) groups excluding carboxylic acids is 1. The SMILES string of the molecule is O=C(NC1CCC(Oc2cccc3cnccc23)CC1)c1ccc(=O)[nH]c1. The fourth-order valence-electron chi connectivity index (χ4n) is 3.52. The van der Waals surface area contributed by atoms with E-state index in [0.29, 0.717) is 5.56 Å². The predicted molar refractivity (Wildman–Crippen MR) is 103 cm³/mol. The van der Waals surface area contributed by atoms with Crippen LogP contribution < -0.4 is 15.6 Å². The Morgan fingerprint density at radius 2 is 1.96 bits per heavy atom. The highest BCUT2D eigenvalue weighted by Gasteiger charge is 2.24. The zero-order valence-electron chi connectivity index (χ0n) is 14.9. The number of hydrogen-bond donors (Lipinski definition) is 2. The number of fused-ring (bicyclic) bond motifs is 1. The second kappa shape index (κ2) is 7.61. The topological polar surface area (TPSA) is 84.1 Å². The van der Waals surface area contributed by atoms with Crippen molar-refractivity contribution < 1.29 is 9.53 Å². The van der Waals surface area contributed by atoms with Crippen molar-refractivity contribution in [1.82, 2.24) is 15.3 Å². The summed E-state index contributed by atoms with van der Waals surface area (Å²) in [4.78, 5) is 30.0. The third kappa shape index (κ3) is 4.00. The monoisotopic (exact) mass is 363 g/mol. The van der Waals surface area contributed by atoms with Crippen molar-refractivity contribution >= 4 is 16.7 Å².